The van der Waals surface area contributed by atoms with Gasteiger partial charge < -0.3 is 18.9 Å². The van der Waals surface area contributed by atoms with Gasteiger partial charge in [0, 0.05) is 50.1 Å². The normalized spacial score (nSPS) is 12.2. The number of ether oxygens (including phenoxy) is 2. The zero-order valence-corrected chi connectivity index (χ0v) is 35.3. The largest absolute Gasteiger partial charge is 0.458 e. The van der Waals surface area contributed by atoms with E-state index in [2.05, 4.69) is 246 Å². The van der Waals surface area contributed by atoms with Gasteiger partial charge in [-0.2, -0.15) is 0 Å². The van der Waals surface area contributed by atoms with E-state index in [0.29, 0.717) is 0 Å². The second-order valence-electron chi connectivity index (χ2n) is 16.8. The molecule has 0 amide bonds. The highest BCUT2D eigenvalue weighted by molar-refractivity contribution is 6.98. The van der Waals surface area contributed by atoms with Crippen LogP contribution in [0.2, 0.25) is 0 Å². The summed E-state index contributed by atoms with van der Waals surface area (Å²) in [5, 5.41) is 2.27. The molecule has 3 heterocycles. The average molecular weight is 831 g/mol. The number of para-hydroxylation sites is 3. The predicted molar refractivity (Wildman–Crippen MR) is 269 cm³/mol. The number of hydrogen-bond donors (Lipinski definition) is 0. The van der Waals surface area contributed by atoms with Gasteiger partial charge in [0.2, 0.25) is 0 Å². The van der Waals surface area contributed by atoms with Crippen LogP contribution in [0.3, 0.4) is 0 Å². The van der Waals surface area contributed by atoms with Crippen molar-refractivity contribution >= 4 is 62.0 Å². The van der Waals surface area contributed by atoms with Crippen LogP contribution in [0.1, 0.15) is 0 Å². The maximum Gasteiger partial charge on any atom is 0.260 e. The molecular weight excluding hydrogens is 791 g/mol. The lowest BCUT2D eigenvalue weighted by Gasteiger charge is -2.35. The Morgan fingerprint density at radius 1 is 0.354 bits per heavy atom. The van der Waals surface area contributed by atoms with Crippen LogP contribution >= 0.6 is 0 Å². The molecule has 11 aromatic rings. The molecule has 0 N–H and O–H groups in total. The molecule has 0 unspecified atom stereocenters. The maximum atomic E-state index is 7.38. The second kappa shape index (κ2) is 15.1. The van der Waals surface area contributed by atoms with Gasteiger partial charge in [0.1, 0.15) is 23.0 Å². The Labute approximate surface area is 377 Å². The molecule has 0 saturated carbocycles. The topological polar surface area (TPSA) is 26.6 Å². The third-order valence-electron chi connectivity index (χ3n) is 13.1. The molecule has 0 bridgehead atoms. The van der Waals surface area contributed by atoms with Gasteiger partial charge in [0.05, 0.1) is 11.0 Å². The summed E-state index contributed by atoms with van der Waals surface area (Å²) in [6.07, 6.45) is 0. The van der Waals surface area contributed by atoms with E-state index in [1.807, 2.05) is 0 Å². The Morgan fingerprint density at radius 3 is 1.46 bits per heavy atom. The fourth-order valence-corrected chi connectivity index (χ4v) is 10.1. The van der Waals surface area contributed by atoms with Crippen LogP contribution in [0.25, 0.3) is 60.9 Å². The first kappa shape index (κ1) is 37.1. The molecule has 0 radical (unpaired) electrons. The smallest absolute Gasteiger partial charge is 0.260 e. The van der Waals surface area contributed by atoms with Gasteiger partial charge in [-0.3, -0.25) is 0 Å². The zero-order chi connectivity index (χ0) is 42.8. The Balaban J connectivity index is 1.11. The van der Waals surface area contributed by atoms with E-state index in [9.17, 15) is 0 Å². The molecule has 0 atom stereocenters. The number of nitrogens with zero attached hydrogens (tertiary/aromatic N) is 2. The highest BCUT2D eigenvalue weighted by atomic mass is 16.5. The lowest BCUT2D eigenvalue weighted by Crippen LogP contribution is -2.57. The maximum absolute atomic E-state index is 7.38. The summed E-state index contributed by atoms with van der Waals surface area (Å²) in [7, 11) is 0. The lowest BCUT2D eigenvalue weighted by atomic mass is 9.34. The van der Waals surface area contributed by atoms with Crippen molar-refractivity contribution in [2.75, 3.05) is 4.90 Å². The van der Waals surface area contributed by atoms with Gasteiger partial charge in [0.25, 0.3) is 6.71 Å². The van der Waals surface area contributed by atoms with Gasteiger partial charge in [-0.05, 0) is 106 Å². The lowest BCUT2D eigenvalue weighted by molar-refractivity contribution is 0.467. The van der Waals surface area contributed by atoms with E-state index < -0.39 is 0 Å². The fraction of sp³-hybridized carbons (Fsp3) is 0. The zero-order valence-electron chi connectivity index (χ0n) is 35.3. The van der Waals surface area contributed by atoms with Crippen molar-refractivity contribution < 1.29 is 9.47 Å². The van der Waals surface area contributed by atoms with E-state index in [1.165, 1.54) is 0 Å². The molecule has 4 nitrogen and oxygen atoms in total. The monoisotopic (exact) mass is 830 g/mol. The summed E-state index contributed by atoms with van der Waals surface area (Å²) in [6, 6.07) is 84.3. The van der Waals surface area contributed by atoms with Crippen LogP contribution in [0.5, 0.6) is 23.0 Å². The minimum atomic E-state index is -0.198. The average Bonchev–Trinajstić information content (AvgIpc) is 3.69. The summed E-state index contributed by atoms with van der Waals surface area (Å²) >= 11 is 0. The van der Waals surface area contributed by atoms with Crippen LogP contribution in [-0.4, -0.2) is 11.3 Å². The summed E-state index contributed by atoms with van der Waals surface area (Å²) in [5.74, 6) is 3.35. The van der Waals surface area contributed by atoms with Gasteiger partial charge in [-0.15, -0.1) is 0 Å². The quantitative estimate of drug-likeness (QED) is 0.150. The summed E-state index contributed by atoms with van der Waals surface area (Å²) in [5.41, 5.74) is 16.4. The molecule has 5 heteroatoms. The molecule has 0 spiro atoms. The number of hydrogen-bond acceptors (Lipinski definition) is 3. The predicted octanol–water partition coefficient (Wildman–Crippen LogP) is 14.0. The second-order valence-corrected chi connectivity index (χ2v) is 16.8. The number of fused-ring (bicyclic) bond motifs is 7. The summed E-state index contributed by atoms with van der Waals surface area (Å²) in [4.78, 5) is 2.33. The van der Waals surface area contributed by atoms with E-state index in [1.54, 1.807) is 0 Å². The number of anilines is 3. The van der Waals surface area contributed by atoms with E-state index >= 15 is 0 Å². The Bertz CT molecular complexity index is 3540. The minimum absolute atomic E-state index is 0.198. The molecule has 0 saturated heterocycles. The molecular formula is C60H39BN2O2. The van der Waals surface area contributed by atoms with Crippen molar-refractivity contribution in [3.05, 3.63) is 237 Å². The summed E-state index contributed by atoms with van der Waals surface area (Å²) < 4.78 is 17.0. The van der Waals surface area contributed by atoms with Crippen LogP contribution < -0.4 is 30.8 Å². The Hall–Kier alpha value is -8.54. The molecule has 2 aliphatic rings. The molecule has 1 aromatic heterocycles. The standard InChI is InChI=1S/C60H39BN2O2/c1-7-19-40(20-8-1)43-31-34-56-52(35-43)61-53-39-55-51(38-57(53)65-60-50(42-23-11-3-12-24-42)37-49(59(64-56)58(60)61)41-21-9-2-10-22-41)48-33-32-47(36-54(48)63(55)46-29-17-6-18-30-46)62(44-25-13-4-14-26-44)45-27-15-5-16-28-45/h1-39H. The fourth-order valence-electron chi connectivity index (χ4n) is 10.1. The third kappa shape index (κ3) is 6.08. The Morgan fingerprint density at radius 2 is 0.862 bits per heavy atom. The van der Waals surface area contributed by atoms with Crippen LogP contribution in [0, 0.1) is 0 Å². The van der Waals surface area contributed by atoms with Crippen molar-refractivity contribution in [1.29, 1.82) is 0 Å². The molecule has 10 aromatic carbocycles. The molecule has 2 aliphatic heterocycles. The van der Waals surface area contributed by atoms with Crippen molar-refractivity contribution in [2.24, 2.45) is 0 Å². The Kier molecular flexibility index (Phi) is 8.60. The van der Waals surface area contributed by atoms with Crippen LogP contribution in [0.15, 0.2) is 237 Å². The van der Waals surface area contributed by atoms with E-state index in [-0.39, 0.29) is 6.71 Å². The van der Waals surface area contributed by atoms with Gasteiger partial charge >= 0.3 is 0 Å². The van der Waals surface area contributed by atoms with Gasteiger partial charge in [-0.1, -0.05) is 164 Å². The van der Waals surface area contributed by atoms with Gasteiger partial charge in [-0.25, -0.2) is 0 Å². The molecule has 0 aliphatic carbocycles. The van der Waals surface area contributed by atoms with Crippen molar-refractivity contribution in [1.82, 2.24) is 4.57 Å². The highest BCUT2D eigenvalue weighted by Crippen LogP contribution is 2.48. The minimum Gasteiger partial charge on any atom is -0.458 e. The van der Waals surface area contributed by atoms with Crippen LogP contribution in [-0.2, 0) is 0 Å². The molecule has 65 heavy (non-hydrogen) atoms. The summed E-state index contributed by atoms with van der Waals surface area (Å²) in [6.45, 7) is -0.198. The third-order valence-corrected chi connectivity index (χ3v) is 13.1. The van der Waals surface area contributed by atoms with Crippen molar-refractivity contribution in [2.45, 2.75) is 0 Å². The highest BCUT2D eigenvalue weighted by Gasteiger charge is 2.43. The van der Waals surface area contributed by atoms with Gasteiger partial charge in [0.15, 0.2) is 0 Å². The first-order valence-corrected chi connectivity index (χ1v) is 22.2. The molecule has 304 valence electrons. The molecule has 13 rings (SSSR count). The van der Waals surface area contributed by atoms with Crippen molar-refractivity contribution in [3.8, 4) is 62.1 Å². The first-order valence-electron chi connectivity index (χ1n) is 22.2. The van der Waals surface area contributed by atoms with E-state index in [0.717, 1.165) is 117 Å². The number of benzene rings is 10. The first-order chi connectivity index (χ1) is 32.2. The number of rotatable bonds is 7. The SMILES string of the molecule is c1ccc(-c2ccc3c(c2)B2c4cc5c(cc4Oc4c(-c6ccccc6)cc(-c6ccccc6)c(c42)O3)c2ccc(N(c3ccccc3)c3ccccc3)cc2n5-c2ccccc2)cc1. The molecule has 0 fully saturated rings. The number of aromatic nitrogens is 1. The van der Waals surface area contributed by atoms with E-state index in [4.69, 9.17) is 9.47 Å². The van der Waals surface area contributed by atoms with Crippen molar-refractivity contribution in [3.63, 3.8) is 0 Å². The van der Waals surface area contributed by atoms with Crippen LogP contribution in [0.4, 0.5) is 17.1 Å².